The van der Waals surface area contributed by atoms with Crippen molar-refractivity contribution in [3.05, 3.63) is 41.6 Å². The minimum atomic E-state index is -0.234. The summed E-state index contributed by atoms with van der Waals surface area (Å²) in [5.41, 5.74) is 8.19. The Morgan fingerprint density at radius 2 is 2.33 bits per heavy atom. The molecule has 0 bridgehead atoms. The van der Waals surface area contributed by atoms with Gasteiger partial charge in [0.15, 0.2) is 0 Å². The molecule has 2 heterocycles. The molecule has 1 atom stereocenters. The van der Waals surface area contributed by atoms with Gasteiger partial charge in [-0.2, -0.15) is 5.10 Å². The van der Waals surface area contributed by atoms with E-state index in [0.29, 0.717) is 0 Å². The molecule has 0 aliphatic carbocycles. The third kappa shape index (κ3) is 1.68. The van der Waals surface area contributed by atoms with E-state index in [1.165, 1.54) is 0 Å². The van der Waals surface area contributed by atoms with E-state index < -0.39 is 0 Å². The van der Waals surface area contributed by atoms with E-state index in [1.807, 2.05) is 30.7 Å². The van der Waals surface area contributed by atoms with Crippen molar-refractivity contribution in [2.24, 2.45) is 5.73 Å². The van der Waals surface area contributed by atoms with Crippen LogP contribution in [0, 0.1) is 6.92 Å². The van der Waals surface area contributed by atoms with Crippen LogP contribution in [-0.4, -0.2) is 9.78 Å². The molecule has 4 nitrogen and oxygen atoms in total. The molecule has 0 aromatic carbocycles. The Hall–Kier alpha value is -1.55. The fraction of sp³-hybridized carbons (Fsp3) is 0.364. The highest BCUT2D eigenvalue weighted by Crippen LogP contribution is 2.22. The molecule has 0 radical (unpaired) electrons. The molecule has 2 N–H and O–H groups in total. The average Bonchev–Trinajstić information content (AvgIpc) is 2.84. The molecule has 0 saturated heterocycles. The van der Waals surface area contributed by atoms with Crippen LogP contribution < -0.4 is 5.73 Å². The van der Waals surface area contributed by atoms with E-state index in [0.717, 1.165) is 23.6 Å². The first-order valence-electron chi connectivity index (χ1n) is 5.05. The van der Waals surface area contributed by atoms with Crippen molar-refractivity contribution < 1.29 is 4.42 Å². The predicted molar refractivity (Wildman–Crippen MR) is 57.4 cm³/mol. The second-order valence-corrected chi connectivity index (χ2v) is 3.52. The SMILES string of the molecule is CCn1nccc1C(N)c1occc1C. The molecule has 0 aliphatic heterocycles. The molecule has 15 heavy (non-hydrogen) atoms. The first-order chi connectivity index (χ1) is 7.24. The van der Waals surface area contributed by atoms with Gasteiger partial charge in [-0.05, 0) is 31.5 Å². The zero-order chi connectivity index (χ0) is 10.8. The molecule has 0 aliphatic rings. The van der Waals surface area contributed by atoms with Crippen LogP contribution in [0.2, 0.25) is 0 Å². The van der Waals surface area contributed by atoms with Crippen molar-refractivity contribution >= 4 is 0 Å². The van der Waals surface area contributed by atoms with Gasteiger partial charge in [0.25, 0.3) is 0 Å². The summed E-state index contributed by atoms with van der Waals surface area (Å²) >= 11 is 0. The summed E-state index contributed by atoms with van der Waals surface area (Å²) in [5, 5.41) is 4.19. The first kappa shape index (κ1) is 9.98. The number of aromatic nitrogens is 2. The van der Waals surface area contributed by atoms with E-state index >= 15 is 0 Å². The molecule has 2 rings (SSSR count). The maximum Gasteiger partial charge on any atom is 0.129 e. The van der Waals surface area contributed by atoms with Gasteiger partial charge in [-0.25, -0.2) is 0 Å². The lowest BCUT2D eigenvalue weighted by Gasteiger charge is -2.11. The summed E-state index contributed by atoms with van der Waals surface area (Å²) in [6.45, 7) is 4.85. The minimum absolute atomic E-state index is 0.234. The van der Waals surface area contributed by atoms with Crippen LogP contribution in [0.25, 0.3) is 0 Å². The van der Waals surface area contributed by atoms with Gasteiger partial charge in [0.05, 0.1) is 12.0 Å². The highest BCUT2D eigenvalue weighted by Gasteiger charge is 2.17. The van der Waals surface area contributed by atoms with Crippen LogP contribution in [0.3, 0.4) is 0 Å². The number of rotatable bonds is 3. The number of nitrogens with two attached hydrogens (primary N) is 1. The Morgan fingerprint density at radius 1 is 1.53 bits per heavy atom. The largest absolute Gasteiger partial charge is 0.467 e. The van der Waals surface area contributed by atoms with Gasteiger partial charge in [0.1, 0.15) is 11.8 Å². The number of nitrogens with zero attached hydrogens (tertiary/aromatic N) is 2. The lowest BCUT2D eigenvalue weighted by Crippen LogP contribution is -2.17. The second-order valence-electron chi connectivity index (χ2n) is 3.52. The molecule has 4 heteroatoms. The summed E-state index contributed by atoms with van der Waals surface area (Å²) in [6, 6.07) is 3.61. The van der Waals surface area contributed by atoms with Gasteiger partial charge >= 0.3 is 0 Å². The minimum Gasteiger partial charge on any atom is -0.467 e. The zero-order valence-electron chi connectivity index (χ0n) is 8.97. The zero-order valence-corrected chi connectivity index (χ0v) is 8.97. The topological polar surface area (TPSA) is 57.0 Å². The first-order valence-corrected chi connectivity index (χ1v) is 5.05. The Bertz CT molecular complexity index is 444. The Morgan fingerprint density at radius 3 is 2.93 bits per heavy atom. The van der Waals surface area contributed by atoms with Gasteiger partial charge in [0.2, 0.25) is 0 Å². The van der Waals surface area contributed by atoms with E-state index in [-0.39, 0.29) is 6.04 Å². The third-order valence-electron chi connectivity index (χ3n) is 2.55. The normalized spacial score (nSPS) is 13.0. The van der Waals surface area contributed by atoms with Crippen molar-refractivity contribution in [3.63, 3.8) is 0 Å². The Labute approximate surface area is 88.7 Å². The van der Waals surface area contributed by atoms with E-state index in [4.69, 9.17) is 10.2 Å². The number of hydrogen-bond acceptors (Lipinski definition) is 3. The molecule has 1 unspecified atom stereocenters. The van der Waals surface area contributed by atoms with Gasteiger partial charge in [-0.1, -0.05) is 0 Å². The molecule has 0 amide bonds. The van der Waals surface area contributed by atoms with Gasteiger partial charge in [-0.15, -0.1) is 0 Å². The molecule has 80 valence electrons. The summed E-state index contributed by atoms with van der Waals surface area (Å²) in [7, 11) is 0. The number of hydrogen-bond donors (Lipinski definition) is 1. The molecular weight excluding hydrogens is 190 g/mol. The van der Waals surface area contributed by atoms with Crippen LogP contribution in [0.4, 0.5) is 0 Å². The average molecular weight is 205 g/mol. The highest BCUT2D eigenvalue weighted by molar-refractivity contribution is 5.25. The molecule has 0 saturated carbocycles. The second kappa shape index (κ2) is 3.90. The fourth-order valence-corrected chi connectivity index (χ4v) is 1.71. The van der Waals surface area contributed by atoms with Gasteiger partial charge < -0.3 is 10.2 Å². The summed E-state index contributed by atoms with van der Waals surface area (Å²) < 4.78 is 7.26. The standard InChI is InChI=1S/C11H15N3O/c1-3-14-9(4-6-13-14)10(12)11-8(2)5-7-15-11/h4-7,10H,3,12H2,1-2H3. The van der Waals surface area contributed by atoms with Gasteiger partial charge in [0, 0.05) is 12.7 Å². The Balaban J connectivity index is 2.36. The Kier molecular flexibility index (Phi) is 2.60. The van der Waals surface area contributed by atoms with Crippen molar-refractivity contribution in [2.45, 2.75) is 26.4 Å². The van der Waals surface area contributed by atoms with Crippen molar-refractivity contribution in [1.82, 2.24) is 9.78 Å². The molecule has 2 aromatic heterocycles. The van der Waals surface area contributed by atoms with Crippen molar-refractivity contribution in [3.8, 4) is 0 Å². The van der Waals surface area contributed by atoms with Crippen LogP contribution in [0.5, 0.6) is 0 Å². The van der Waals surface area contributed by atoms with Crippen LogP contribution in [-0.2, 0) is 6.54 Å². The quantitative estimate of drug-likeness (QED) is 0.832. The maximum atomic E-state index is 6.13. The number of furan rings is 1. The lowest BCUT2D eigenvalue weighted by molar-refractivity contribution is 0.470. The third-order valence-corrected chi connectivity index (χ3v) is 2.55. The summed E-state index contributed by atoms with van der Waals surface area (Å²) in [4.78, 5) is 0. The summed E-state index contributed by atoms with van der Waals surface area (Å²) in [5.74, 6) is 0.810. The molecular formula is C11H15N3O. The predicted octanol–water partition coefficient (Wildman–Crippen LogP) is 1.85. The highest BCUT2D eigenvalue weighted by atomic mass is 16.3. The number of aryl methyl sites for hydroxylation is 2. The van der Waals surface area contributed by atoms with E-state index in [1.54, 1.807) is 12.5 Å². The van der Waals surface area contributed by atoms with E-state index in [2.05, 4.69) is 5.10 Å². The van der Waals surface area contributed by atoms with Crippen molar-refractivity contribution in [1.29, 1.82) is 0 Å². The molecule has 0 fully saturated rings. The van der Waals surface area contributed by atoms with Crippen LogP contribution in [0.15, 0.2) is 29.0 Å². The van der Waals surface area contributed by atoms with Gasteiger partial charge in [-0.3, -0.25) is 4.68 Å². The molecule has 2 aromatic rings. The van der Waals surface area contributed by atoms with E-state index in [9.17, 15) is 0 Å². The van der Waals surface area contributed by atoms with Crippen LogP contribution in [0.1, 0.15) is 30.0 Å². The van der Waals surface area contributed by atoms with Crippen LogP contribution >= 0.6 is 0 Å². The van der Waals surface area contributed by atoms with Crippen molar-refractivity contribution in [2.75, 3.05) is 0 Å². The maximum absolute atomic E-state index is 6.13. The summed E-state index contributed by atoms with van der Waals surface area (Å²) in [6.07, 6.45) is 3.42. The monoisotopic (exact) mass is 205 g/mol. The lowest BCUT2D eigenvalue weighted by atomic mass is 10.1. The smallest absolute Gasteiger partial charge is 0.129 e. The molecule has 0 spiro atoms. The fourth-order valence-electron chi connectivity index (χ4n) is 1.71.